The number of aromatic nitrogens is 1. The molecule has 0 spiro atoms. The minimum absolute atomic E-state index is 0.264. The molecule has 0 radical (unpaired) electrons. The Morgan fingerprint density at radius 1 is 1.37 bits per heavy atom. The standard InChI is InChI=1S/C14H18N2O2S/c1-3-7-15-14-16-11-6-5-10(9-12(11)19-14)13(17)18-8-4-2/h5-6,9H,3-4,7-8H2,1-2H3,(H,15,16). The van der Waals surface area contributed by atoms with Crippen LogP contribution in [0, 0.1) is 0 Å². The average molecular weight is 278 g/mol. The number of fused-ring (bicyclic) bond motifs is 1. The van der Waals surface area contributed by atoms with Gasteiger partial charge in [-0.05, 0) is 31.0 Å². The number of carbonyl (C=O) groups excluding carboxylic acids is 1. The van der Waals surface area contributed by atoms with Gasteiger partial charge in [0.2, 0.25) is 0 Å². The Kier molecular flexibility index (Phi) is 4.74. The van der Waals surface area contributed by atoms with E-state index < -0.39 is 0 Å². The van der Waals surface area contributed by atoms with Crippen LogP contribution in [0.1, 0.15) is 37.0 Å². The molecule has 0 atom stereocenters. The van der Waals surface area contributed by atoms with Gasteiger partial charge >= 0.3 is 5.97 Å². The number of esters is 1. The SMILES string of the molecule is CCCNc1nc2ccc(C(=O)OCCC)cc2s1. The summed E-state index contributed by atoms with van der Waals surface area (Å²) in [5, 5.41) is 4.16. The number of nitrogens with one attached hydrogen (secondary N) is 1. The molecule has 2 aromatic rings. The smallest absolute Gasteiger partial charge is 0.338 e. The van der Waals surface area contributed by atoms with Crippen LogP contribution in [-0.4, -0.2) is 24.1 Å². The minimum Gasteiger partial charge on any atom is -0.462 e. The Morgan fingerprint density at radius 3 is 2.95 bits per heavy atom. The number of hydrogen-bond acceptors (Lipinski definition) is 5. The van der Waals surface area contributed by atoms with E-state index in [4.69, 9.17) is 4.74 Å². The molecule has 0 aliphatic rings. The fraction of sp³-hybridized carbons (Fsp3) is 0.429. The molecule has 1 aromatic carbocycles. The number of anilines is 1. The molecule has 1 heterocycles. The first-order valence-electron chi connectivity index (χ1n) is 6.56. The zero-order valence-electron chi connectivity index (χ0n) is 11.2. The number of hydrogen-bond donors (Lipinski definition) is 1. The molecule has 5 heteroatoms. The van der Waals surface area contributed by atoms with E-state index in [9.17, 15) is 4.79 Å². The summed E-state index contributed by atoms with van der Waals surface area (Å²) in [5.41, 5.74) is 1.50. The number of ether oxygens (including phenoxy) is 1. The first-order valence-corrected chi connectivity index (χ1v) is 7.37. The van der Waals surface area contributed by atoms with Gasteiger partial charge in [-0.15, -0.1) is 0 Å². The van der Waals surface area contributed by atoms with E-state index in [1.54, 1.807) is 17.4 Å². The number of carbonyl (C=O) groups is 1. The van der Waals surface area contributed by atoms with Crippen molar-refractivity contribution in [3.63, 3.8) is 0 Å². The van der Waals surface area contributed by atoms with Crippen LogP contribution in [-0.2, 0) is 4.74 Å². The lowest BCUT2D eigenvalue weighted by Crippen LogP contribution is -2.05. The number of rotatable bonds is 6. The molecule has 1 aromatic heterocycles. The van der Waals surface area contributed by atoms with E-state index >= 15 is 0 Å². The summed E-state index contributed by atoms with van der Waals surface area (Å²) in [6.45, 7) is 5.46. The molecular weight excluding hydrogens is 260 g/mol. The van der Waals surface area contributed by atoms with Gasteiger partial charge in [-0.25, -0.2) is 9.78 Å². The zero-order chi connectivity index (χ0) is 13.7. The first-order chi connectivity index (χ1) is 9.24. The summed E-state index contributed by atoms with van der Waals surface area (Å²) >= 11 is 1.56. The van der Waals surface area contributed by atoms with Gasteiger partial charge in [-0.1, -0.05) is 25.2 Å². The van der Waals surface area contributed by atoms with Crippen LogP contribution in [0.5, 0.6) is 0 Å². The highest BCUT2D eigenvalue weighted by atomic mass is 32.1. The Balaban J connectivity index is 2.17. The highest BCUT2D eigenvalue weighted by Gasteiger charge is 2.10. The minimum atomic E-state index is -0.264. The second kappa shape index (κ2) is 6.52. The van der Waals surface area contributed by atoms with E-state index in [1.165, 1.54) is 0 Å². The van der Waals surface area contributed by atoms with E-state index in [0.717, 1.165) is 34.7 Å². The van der Waals surface area contributed by atoms with Crippen LogP contribution in [0.2, 0.25) is 0 Å². The van der Waals surface area contributed by atoms with Crippen molar-refractivity contribution in [2.45, 2.75) is 26.7 Å². The Hall–Kier alpha value is -1.62. The van der Waals surface area contributed by atoms with Crippen LogP contribution in [0.3, 0.4) is 0 Å². The fourth-order valence-electron chi connectivity index (χ4n) is 1.64. The third-order valence-electron chi connectivity index (χ3n) is 2.59. The van der Waals surface area contributed by atoms with Gasteiger partial charge in [0.05, 0.1) is 22.4 Å². The van der Waals surface area contributed by atoms with Crippen LogP contribution < -0.4 is 5.32 Å². The van der Waals surface area contributed by atoms with Crippen molar-refractivity contribution in [1.82, 2.24) is 4.98 Å². The molecular formula is C14H18N2O2S. The lowest BCUT2D eigenvalue weighted by atomic mass is 10.2. The molecule has 0 saturated carbocycles. The largest absolute Gasteiger partial charge is 0.462 e. The van der Waals surface area contributed by atoms with Crippen molar-refractivity contribution < 1.29 is 9.53 Å². The summed E-state index contributed by atoms with van der Waals surface area (Å²) < 4.78 is 6.13. The molecule has 19 heavy (non-hydrogen) atoms. The van der Waals surface area contributed by atoms with Gasteiger partial charge in [-0.3, -0.25) is 0 Å². The van der Waals surface area contributed by atoms with Crippen molar-refractivity contribution in [3.8, 4) is 0 Å². The Labute approximate surface area is 116 Å². The van der Waals surface area contributed by atoms with Gasteiger partial charge in [-0.2, -0.15) is 0 Å². The van der Waals surface area contributed by atoms with Crippen molar-refractivity contribution in [1.29, 1.82) is 0 Å². The van der Waals surface area contributed by atoms with Crippen LogP contribution in [0.25, 0.3) is 10.2 Å². The molecule has 0 aliphatic heterocycles. The molecule has 0 amide bonds. The highest BCUT2D eigenvalue weighted by Crippen LogP contribution is 2.27. The first kappa shape index (κ1) is 13.8. The topological polar surface area (TPSA) is 51.2 Å². The van der Waals surface area contributed by atoms with E-state index in [0.29, 0.717) is 12.2 Å². The van der Waals surface area contributed by atoms with Crippen molar-refractivity contribution in [2.24, 2.45) is 0 Å². The van der Waals surface area contributed by atoms with Crippen molar-refractivity contribution in [3.05, 3.63) is 23.8 Å². The summed E-state index contributed by atoms with van der Waals surface area (Å²) in [6, 6.07) is 5.48. The third kappa shape index (κ3) is 3.44. The quantitative estimate of drug-likeness (QED) is 0.819. The normalized spacial score (nSPS) is 10.6. The summed E-state index contributed by atoms with van der Waals surface area (Å²) in [7, 11) is 0. The summed E-state index contributed by atoms with van der Waals surface area (Å²) in [5.74, 6) is -0.264. The fourth-order valence-corrected chi connectivity index (χ4v) is 2.57. The predicted octanol–water partition coefficient (Wildman–Crippen LogP) is 3.69. The van der Waals surface area contributed by atoms with Gasteiger partial charge < -0.3 is 10.1 Å². The van der Waals surface area contributed by atoms with Gasteiger partial charge in [0, 0.05) is 6.54 Å². The molecule has 0 unspecified atom stereocenters. The van der Waals surface area contributed by atoms with Gasteiger partial charge in [0.15, 0.2) is 5.13 Å². The number of nitrogens with zero attached hydrogens (tertiary/aromatic N) is 1. The Bertz CT molecular complexity index is 566. The lowest BCUT2D eigenvalue weighted by Gasteiger charge is -2.02. The second-order valence-corrected chi connectivity index (χ2v) is 5.29. The van der Waals surface area contributed by atoms with Crippen LogP contribution in [0.4, 0.5) is 5.13 Å². The number of thiazole rings is 1. The molecule has 4 nitrogen and oxygen atoms in total. The maximum Gasteiger partial charge on any atom is 0.338 e. The second-order valence-electron chi connectivity index (χ2n) is 4.26. The number of benzene rings is 1. The summed E-state index contributed by atoms with van der Waals surface area (Å²) in [4.78, 5) is 16.2. The maximum absolute atomic E-state index is 11.8. The zero-order valence-corrected chi connectivity index (χ0v) is 12.0. The average Bonchev–Trinajstić information content (AvgIpc) is 2.84. The molecule has 0 bridgehead atoms. The lowest BCUT2D eigenvalue weighted by molar-refractivity contribution is 0.0505. The highest BCUT2D eigenvalue weighted by molar-refractivity contribution is 7.22. The third-order valence-corrected chi connectivity index (χ3v) is 3.56. The molecule has 0 aliphatic carbocycles. The molecule has 0 fully saturated rings. The molecule has 2 rings (SSSR count). The molecule has 0 saturated heterocycles. The van der Waals surface area contributed by atoms with Crippen molar-refractivity contribution in [2.75, 3.05) is 18.5 Å². The van der Waals surface area contributed by atoms with E-state index in [1.807, 2.05) is 19.1 Å². The molecule has 1 N–H and O–H groups in total. The Morgan fingerprint density at radius 2 is 2.21 bits per heavy atom. The summed E-state index contributed by atoms with van der Waals surface area (Å²) in [6.07, 6.45) is 1.89. The van der Waals surface area contributed by atoms with E-state index in [2.05, 4.69) is 17.2 Å². The maximum atomic E-state index is 11.8. The van der Waals surface area contributed by atoms with Gasteiger partial charge in [0.1, 0.15) is 0 Å². The van der Waals surface area contributed by atoms with Crippen molar-refractivity contribution >= 4 is 32.7 Å². The van der Waals surface area contributed by atoms with Crippen LogP contribution in [0.15, 0.2) is 18.2 Å². The van der Waals surface area contributed by atoms with E-state index in [-0.39, 0.29) is 5.97 Å². The monoisotopic (exact) mass is 278 g/mol. The van der Waals surface area contributed by atoms with Crippen LogP contribution >= 0.6 is 11.3 Å². The predicted molar refractivity (Wildman–Crippen MR) is 79.0 cm³/mol. The van der Waals surface area contributed by atoms with Gasteiger partial charge in [0.25, 0.3) is 0 Å². The molecule has 102 valence electrons.